The topological polar surface area (TPSA) is 77.1 Å². The quantitative estimate of drug-likeness (QED) is 0.770. The van der Waals surface area contributed by atoms with Crippen LogP contribution in [0, 0.1) is 0 Å². The summed E-state index contributed by atoms with van der Waals surface area (Å²) >= 11 is 0. The van der Waals surface area contributed by atoms with Crippen LogP contribution in [-0.2, 0) is 22.5 Å². The SMILES string of the molecule is COc1cc2c(cc1OC)CN(C(=O)CCCNC(=O)OC(C)(C)C)CC2. The van der Waals surface area contributed by atoms with Crippen LogP contribution in [0.5, 0.6) is 11.5 Å². The minimum Gasteiger partial charge on any atom is -0.493 e. The van der Waals surface area contributed by atoms with Gasteiger partial charge in [0.25, 0.3) is 0 Å². The van der Waals surface area contributed by atoms with Crippen molar-refractivity contribution < 1.29 is 23.8 Å². The van der Waals surface area contributed by atoms with Gasteiger partial charge >= 0.3 is 6.09 Å². The number of rotatable bonds is 6. The van der Waals surface area contributed by atoms with Crippen molar-refractivity contribution in [1.29, 1.82) is 0 Å². The number of carbonyl (C=O) groups excluding carboxylic acids is 2. The van der Waals surface area contributed by atoms with E-state index in [0.29, 0.717) is 44.0 Å². The van der Waals surface area contributed by atoms with Gasteiger partial charge in [-0.05, 0) is 56.9 Å². The molecule has 0 unspecified atom stereocenters. The molecule has 1 aromatic carbocycles. The number of fused-ring (bicyclic) bond motifs is 1. The lowest BCUT2D eigenvalue weighted by molar-refractivity contribution is -0.132. The fraction of sp³-hybridized carbons (Fsp3) is 0.600. The van der Waals surface area contributed by atoms with E-state index in [1.807, 2.05) is 37.8 Å². The highest BCUT2D eigenvalue weighted by atomic mass is 16.6. The van der Waals surface area contributed by atoms with Crippen LogP contribution >= 0.6 is 0 Å². The summed E-state index contributed by atoms with van der Waals surface area (Å²) in [6, 6.07) is 3.93. The molecule has 150 valence electrons. The van der Waals surface area contributed by atoms with Gasteiger partial charge in [0.15, 0.2) is 11.5 Å². The molecule has 1 aromatic rings. The second kappa shape index (κ2) is 8.97. The van der Waals surface area contributed by atoms with Gasteiger partial charge in [0.1, 0.15) is 5.60 Å². The maximum atomic E-state index is 12.5. The van der Waals surface area contributed by atoms with Gasteiger partial charge in [0, 0.05) is 26.1 Å². The van der Waals surface area contributed by atoms with E-state index in [9.17, 15) is 9.59 Å². The van der Waals surface area contributed by atoms with Gasteiger partial charge in [-0.15, -0.1) is 0 Å². The van der Waals surface area contributed by atoms with E-state index in [1.54, 1.807) is 14.2 Å². The minimum atomic E-state index is -0.523. The number of amides is 2. The standard InChI is InChI=1S/C20H30N2O5/c1-20(2,3)27-19(24)21-9-6-7-18(23)22-10-8-14-11-16(25-4)17(26-5)12-15(14)13-22/h11-12H,6-10,13H2,1-5H3,(H,21,24). The Morgan fingerprint density at radius 1 is 1.11 bits per heavy atom. The van der Waals surface area contributed by atoms with E-state index in [-0.39, 0.29) is 5.91 Å². The van der Waals surface area contributed by atoms with E-state index < -0.39 is 11.7 Å². The number of nitrogens with zero attached hydrogens (tertiary/aromatic N) is 1. The lowest BCUT2D eigenvalue weighted by Gasteiger charge is -2.29. The smallest absolute Gasteiger partial charge is 0.407 e. The summed E-state index contributed by atoms with van der Waals surface area (Å²) in [4.78, 5) is 25.9. The van der Waals surface area contributed by atoms with Crippen molar-refractivity contribution in [1.82, 2.24) is 10.2 Å². The first-order chi connectivity index (χ1) is 12.7. The van der Waals surface area contributed by atoms with E-state index in [4.69, 9.17) is 14.2 Å². The predicted molar refractivity (Wildman–Crippen MR) is 102 cm³/mol. The number of hydrogen-bond donors (Lipinski definition) is 1. The van der Waals surface area contributed by atoms with Crippen LogP contribution < -0.4 is 14.8 Å². The lowest BCUT2D eigenvalue weighted by atomic mass is 9.98. The average molecular weight is 378 g/mol. The van der Waals surface area contributed by atoms with Crippen molar-refractivity contribution in [3.05, 3.63) is 23.3 Å². The highest BCUT2D eigenvalue weighted by Crippen LogP contribution is 2.33. The number of alkyl carbamates (subject to hydrolysis) is 1. The number of hydrogen-bond acceptors (Lipinski definition) is 5. The maximum Gasteiger partial charge on any atom is 0.407 e. The molecule has 2 amide bonds. The molecule has 7 nitrogen and oxygen atoms in total. The van der Waals surface area contributed by atoms with Crippen LogP contribution in [0.2, 0.25) is 0 Å². The van der Waals surface area contributed by atoms with Gasteiger partial charge in [-0.3, -0.25) is 4.79 Å². The fourth-order valence-electron chi connectivity index (χ4n) is 3.00. The Morgan fingerprint density at radius 2 is 1.74 bits per heavy atom. The predicted octanol–water partition coefficient (Wildman–Crippen LogP) is 2.89. The highest BCUT2D eigenvalue weighted by Gasteiger charge is 2.22. The van der Waals surface area contributed by atoms with Crippen molar-refractivity contribution in [2.45, 2.75) is 52.2 Å². The molecule has 0 atom stereocenters. The summed E-state index contributed by atoms with van der Waals surface area (Å²) in [6.45, 7) is 7.10. The van der Waals surface area contributed by atoms with Gasteiger partial charge in [0.05, 0.1) is 14.2 Å². The number of carbonyl (C=O) groups is 2. The van der Waals surface area contributed by atoms with Crippen molar-refractivity contribution in [3.63, 3.8) is 0 Å². The monoisotopic (exact) mass is 378 g/mol. The summed E-state index contributed by atoms with van der Waals surface area (Å²) in [5.41, 5.74) is 1.74. The van der Waals surface area contributed by atoms with Gasteiger partial charge in [0.2, 0.25) is 5.91 Å². The summed E-state index contributed by atoms with van der Waals surface area (Å²) < 4.78 is 15.9. The zero-order chi connectivity index (χ0) is 20.0. The van der Waals surface area contributed by atoms with Crippen LogP contribution in [0.25, 0.3) is 0 Å². The molecule has 1 N–H and O–H groups in total. The minimum absolute atomic E-state index is 0.0847. The average Bonchev–Trinajstić information content (AvgIpc) is 2.61. The highest BCUT2D eigenvalue weighted by molar-refractivity contribution is 5.76. The molecule has 1 heterocycles. The molecule has 0 radical (unpaired) electrons. The van der Waals surface area contributed by atoms with Gasteiger partial charge in [-0.1, -0.05) is 0 Å². The van der Waals surface area contributed by atoms with Crippen LogP contribution in [0.3, 0.4) is 0 Å². The van der Waals surface area contributed by atoms with Gasteiger partial charge < -0.3 is 24.4 Å². The van der Waals surface area contributed by atoms with Crippen LogP contribution in [0.4, 0.5) is 4.79 Å². The third-order valence-electron chi connectivity index (χ3n) is 4.31. The molecule has 0 aliphatic carbocycles. The second-order valence-corrected chi connectivity index (χ2v) is 7.57. The summed E-state index contributed by atoms with van der Waals surface area (Å²) in [7, 11) is 3.22. The van der Waals surface area contributed by atoms with Gasteiger partial charge in [-0.2, -0.15) is 0 Å². The van der Waals surface area contributed by atoms with Crippen LogP contribution in [0.1, 0.15) is 44.7 Å². The molecule has 1 aliphatic rings. The van der Waals surface area contributed by atoms with E-state index in [0.717, 1.165) is 12.0 Å². The fourth-order valence-corrected chi connectivity index (χ4v) is 3.00. The van der Waals surface area contributed by atoms with E-state index >= 15 is 0 Å². The Kier molecular flexibility index (Phi) is 6.93. The Hall–Kier alpha value is -2.44. The van der Waals surface area contributed by atoms with Gasteiger partial charge in [-0.25, -0.2) is 4.79 Å². The summed E-state index contributed by atoms with van der Waals surface area (Å²) in [5.74, 6) is 1.47. The Balaban J connectivity index is 1.83. The first-order valence-electron chi connectivity index (χ1n) is 9.22. The molecule has 0 aromatic heterocycles. The van der Waals surface area contributed by atoms with Crippen LogP contribution in [0.15, 0.2) is 12.1 Å². The number of ether oxygens (including phenoxy) is 3. The first-order valence-corrected chi connectivity index (χ1v) is 9.22. The third-order valence-corrected chi connectivity index (χ3v) is 4.31. The van der Waals surface area contributed by atoms with Crippen molar-refractivity contribution in [2.24, 2.45) is 0 Å². The molecular weight excluding hydrogens is 348 g/mol. The molecule has 0 saturated heterocycles. The summed E-state index contributed by atoms with van der Waals surface area (Å²) in [5, 5.41) is 2.68. The Morgan fingerprint density at radius 3 is 2.33 bits per heavy atom. The number of nitrogens with one attached hydrogen (secondary N) is 1. The molecule has 0 bridgehead atoms. The molecule has 0 fully saturated rings. The largest absolute Gasteiger partial charge is 0.493 e. The molecule has 1 aliphatic heterocycles. The molecule has 27 heavy (non-hydrogen) atoms. The van der Waals surface area contributed by atoms with E-state index in [1.165, 1.54) is 5.56 Å². The Bertz CT molecular complexity index is 682. The second-order valence-electron chi connectivity index (χ2n) is 7.57. The number of benzene rings is 1. The van der Waals surface area contributed by atoms with Crippen molar-refractivity contribution >= 4 is 12.0 Å². The zero-order valence-corrected chi connectivity index (χ0v) is 16.9. The lowest BCUT2D eigenvalue weighted by Crippen LogP contribution is -2.37. The normalized spacial score (nSPS) is 13.6. The molecular formula is C20H30N2O5. The molecule has 0 saturated carbocycles. The van der Waals surface area contributed by atoms with Crippen molar-refractivity contribution in [3.8, 4) is 11.5 Å². The molecule has 0 spiro atoms. The third kappa shape index (κ3) is 6.05. The molecule has 7 heteroatoms. The first kappa shape index (κ1) is 20.9. The van der Waals surface area contributed by atoms with Crippen LogP contribution in [-0.4, -0.2) is 49.8 Å². The van der Waals surface area contributed by atoms with E-state index in [2.05, 4.69) is 5.32 Å². The Labute approximate surface area is 161 Å². The summed E-state index contributed by atoms with van der Waals surface area (Å²) in [6.07, 6.45) is 1.30. The maximum absolute atomic E-state index is 12.5. The zero-order valence-electron chi connectivity index (χ0n) is 16.9. The van der Waals surface area contributed by atoms with Crippen molar-refractivity contribution in [2.75, 3.05) is 27.3 Å². The molecule has 2 rings (SSSR count). The number of methoxy groups -OCH3 is 2.